The normalized spacial score (nSPS) is 11.9. The molecular weight excluding hydrogens is 464 g/mol. The van der Waals surface area contributed by atoms with Gasteiger partial charge in [-0.15, -0.1) is 0 Å². The Bertz CT molecular complexity index is 1580. The predicted octanol–water partition coefficient (Wildman–Crippen LogP) is 6.94. The number of halogens is 3. The van der Waals surface area contributed by atoms with Crippen LogP contribution in [0.1, 0.15) is 5.56 Å². The van der Waals surface area contributed by atoms with Crippen LogP contribution in [0.3, 0.4) is 0 Å². The molecule has 0 atom stereocenters. The second-order valence-corrected chi connectivity index (χ2v) is 8.19. The SMILES string of the molecule is O=C(O)C(F)=Cc1cn(-c2nc(-c3ccccc3)c3cc(Cl)ccc3n2)c2ccc(Cl)cc12. The second-order valence-electron chi connectivity index (χ2n) is 7.31. The first-order chi connectivity index (χ1) is 15.9. The molecule has 162 valence electrons. The van der Waals surface area contributed by atoms with Gasteiger partial charge in [0.15, 0.2) is 0 Å². The standard InChI is InChI=1S/C25H14Cl2FN3O2/c26-16-6-8-21-19(12-16)23(14-4-2-1-3-5-14)30-25(29-21)31-13-15(10-20(28)24(32)33)18-11-17(27)7-9-22(18)31/h1-13H,(H,32,33). The zero-order valence-electron chi connectivity index (χ0n) is 16.8. The highest BCUT2D eigenvalue weighted by Gasteiger charge is 2.17. The zero-order chi connectivity index (χ0) is 23.1. The van der Waals surface area contributed by atoms with Crippen molar-refractivity contribution in [1.29, 1.82) is 0 Å². The van der Waals surface area contributed by atoms with E-state index in [4.69, 9.17) is 38.3 Å². The van der Waals surface area contributed by atoms with E-state index in [1.807, 2.05) is 42.5 Å². The van der Waals surface area contributed by atoms with Crippen LogP contribution in [-0.4, -0.2) is 25.6 Å². The molecule has 2 aromatic heterocycles. The summed E-state index contributed by atoms with van der Waals surface area (Å²) < 4.78 is 15.6. The number of carboxylic acids is 1. The van der Waals surface area contributed by atoms with E-state index < -0.39 is 11.8 Å². The molecule has 0 bridgehead atoms. The molecule has 5 aromatic rings. The molecule has 5 rings (SSSR count). The number of fused-ring (bicyclic) bond motifs is 2. The Morgan fingerprint density at radius 1 is 0.939 bits per heavy atom. The maximum Gasteiger partial charge on any atom is 0.364 e. The highest BCUT2D eigenvalue weighted by molar-refractivity contribution is 6.31. The average molecular weight is 478 g/mol. The van der Waals surface area contributed by atoms with E-state index in [1.165, 1.54) is 0 Å². The first-order valence-corrected chi connectivity index (χ1v) is 10.6. The van der Waals surface area contributed by atoms with E-state index in [9.17, 15) is 9.18 Å². The van der Waals surface area contributed by atoms with Crippen LogP contribution in [0, 0.1) is 0 Å². The van der Waals surface area contributed by atoms with Crippen molar-refractivity contribution in [1.82, 2.24) is 14.5 Å². The third kappa shape index (κ3) is 3.95. The topological polar surface area (TPSA) is 68.0 Å². The Morgan fingerprint density at radius 3 is 2.36 bits per heavy atom. The molecular formula is C25H14Cl2FN3O2. The lowest BCUT2D eigenvalue weighted by Crippen LogP contribution is -2.02. The molecule has 5 nitrogen and oxygen atoms in total. The van der Waals surface area contributed by atoms with E-state index in [2.05, 4.69) is 0 Å². The summed E-state index contributed by atoms with van der Waals surface area (Å²) in [5.41, 5.74) is 3.23. The highest BCUT2D eigenvalue weighted by atomic mass is 35.5. The van der Waals surface area contributed by atoms with Crippen LogP contribution < -0.4 is 0 Å². The summed E-state index contributed by atoms with van der Waals surface area (Å²) in [6.45, 7) is 0. The Hall–Kier alpha value is -3.74. The van der Waals surface area contributed by atoms with E-state index in [0.29, 0.717) is 43.7 Å². The molecule has 0 saturated heterocycles. The van der Waals surface area contributed by atoms with Crippen molar-refractivity contribution in [2.45, 2.75) is 0 Å². The van der Waals surface area contributed by atoms with Gasteiger partial charge in [-0.05, 0) is 42.5 Å². The molecule has 8 heteroatoms. The van der Waals surface area contributed by atoms with Crippen LogP contribution in [-0.2, 0) is 4.79 Å². The lowest BCUT2D eigenvalue weighted by Gasteiger charge is -2.11. The fourth-order valence-corrected chi connectivity index (χ4v) is 4.06. The summed E-state index contributed by atoms with van der Waals surface area (Å²) in [4.78, 5) is 20.6. The first kappa shape index (κ1) is 21.1. The van der Waals surface area contributed by atoms with Gasteiger partial charge >= 0.3 is 5.97 Å². The summed E-state index contributed by atoms with van der Waals surface area (Å²) in [5, 5.41) is 11.3. The number of aliphatic carboxylic acids is 1. The van der Waals surface area contributed by atoms with Gasteiger partial charge in [0.05, 0.1) is 16.7 Å². The molecule has 33 heavy (non-hydrogen) atoms. The van der Waals surface area contributed by atoms with Gasteiger partial charge in [0.2, 0.25) is 11.8 Å². The van der Waals surface area contributed by atoms with Crippen molar-refractivity contribution < 1.29 is 14.3 Å². The van der Waals surface area contributed by atoms with E-state index in [0.717, 1.165) is 17.0 Å². The van der Waals surface area contributed by atoms with Crippen molar-refractivity contribution >= 4 is 57.1 Å². The van der Waals surface area contributed by atoms with Gasteiger partial charge in [-0.3, -0.25) is 4.57 Å². The number of nitrogens with zero attached hydrogens (tertiary/aromatic N) is 3. The second kappa shape index (κ2) is 8.31. The molecule has 0 amide bonds. The summed E-state index contributed by atoms with van der Waals surface area (Å²) in [7, 11) is 0. The molecule has 2 heterocycles. The van der Waals surface area contributed by atoms with Crippen molar-refractivity contribution in [3.05, 3.63) is 94.4 Å². The number of rotatable bonds is 4. The van der Waals surface area contributed by atoms with Crippen LogP contribution in [0.15, 0.2) is 78.8 Å². The Morgan fingerprint density at radius 2 is 1.64 bits per heavy atom. The van der Waals surface area contributed by atoms with Crippen molar-refractivity contribution in [2.75, 3.05) is 0 Å². The fraction of sp³-hybridized carbons (Fsp3) is 0. The smallest absolute Gasteiger partial charge is 0.364 e. The minimum Gasteiger partial charge on any atom is -0.476 e. The van der Waals surface area contributed by atoms with Crippen LogP contribution in [0.2, 0.25) is 10.0 Å². The summed E-state index contributed by atoms with van der Waals surface area (Å²) in [5.74, 6) is -2.59. The molecule has 0 aliphatic heterocycles. The van der Waals surface area contributed by atoms with E-state index in [-0.39, 0.29) is 0 Å². The van der Waals surface area contributed by atoms with Crippen molar-refractivity contribution in [3.8, 4) is 17.2 Å². The summed E-state index contributed by atoms with van der Waals surface area (Å²) >= 11 is 12.4. The maximum absolute atomic E-state index is 14.0. The lowest BCUT2D eigenvalue weighted by molar-refractivity contribution is -0.134. The molecule has 0 aliphatic carbocycles. The Kier molecular flexibility index (Phi) is 5.32. The highest BCUT2D eigenvalue weighted by Crippen LogP contribution is 2.32. The van der Waals surface area contributed by atoms with Crippen LogP contribution >= 0.6 is 23.2 Å². The molecule has 0 spiro atoms. The van der Waals surface area contributed by atoms with Gasteiger partial charge < -0.3 is 5.11 Å². The first-order valence-electron chi connectivity index (χ1n) is 9.85. The monoisotopic (exact) mass is 477 g/mol. The number of carboxylic acid groups (broad SMARTS) is 1. The molecule has 3 aromatic carbocycles. The third-order valence-corrected chi connectivity index (χ3v) is 5.66. The molecule has 0 radical (unpaired) electrons. The number of hydrogen-bond donors (Lipinski definition) is 1. The van der Waals surface area contributed by atoms with Crippen LogP contribution in [0.25, 0.3) is 45.1 Å². The van der Waals surface area contributed by atoms with Gasteiger partial charge in [-0.25, -0.2) is 14.8 Å². The zero-order valence-corrected chi connectivity index (χ0v) is 18.3. The van der Waals surface area contributed by atoms with Crippen molar-refractivity contribution in [3.63, 3.8) is 0 Å². The molecule has 0 unspecified atom stereocenters. The lowest BCUT2D eigenvalue weighted by atomic mass is 10.1. The predicted molar refractivity (Wildman–Crippen MR) is 129 cm³/mol. The van der Waals surface area contributed by atoms with E-state index >= 15 is 0 Å². The van der Waals surface area contributed by atoms with Gasteiger partial charge in [-0.1, -0.05) is 53.5 Å². The van der Waals surface area contributed by atoms with Crippen LogP contribution in [0.5, 0.6) is 0 Å². The van der Waals surface area contributed by atoms with Gasteiger partial charge in [-0.2, -0.15) is 4.39 Å². The largest absolute Gasteiger partial charge is 0.476 e. The van der Waals surface area contributed by atoms with Crippen LogP contribution in [0.4, 0.5) is 4.39 Å². The van der Waals surface area contributed by atoms with Gasteiger partial charge in [0, 0.05) is 38.1 Å². The Labute approximate surface area is 197 Å². The maximum atomic E-state index is 14.0. The molecule has 1 N–H and O–H groups in total. The molecule has 0 fully saturated rings. The minimum absolute atomic E-state index is 0.339. The number of hydrogen-bond acceptors (Lipinski definition) is 3. The number of benzene rings is 3. The molecule has 0 saturated carbocycles. The molecule has 0 aliphatic rings. The van der Waals surface area contributed by atoms with E-state index in [1.54, 1.807) is 35.0 Å². The Balaban J connectivity index is 1.81. The quantitative estimate of drug-likeness (QED) is 0.284. The minimum atomic E-state index is -1.65. The fourth-order valence-electron chi connectivity index (χ4n) is 3.72. The number of aromatic nitrogens is 3. The number of carbonyl (C=O) groups is 1. The third-order valence-electron chi connectivity index (χ3n) is 5.19. The summed E-state index contributed by atoms with van der Waals surface area (Å²) in [6, 6.07) is 20.1. The van der Waals surface area contributed by atoms with Gasteiger partial charge in [0.25, 0.3) is 0 Å². The summed E-state index contributed by atoms with van der Waals surface area (Å²) in [6.07, 6.45) is 2.55. The van der Waals surface area contributed by atoms with Gasteiger partial charge in [0.1, 0.15) is 0 Å². The van der Waals surface area contributed by atoms with Crippen molar-refractivity contribution in [2.24, 2.45) is 0 Å². The average Bonchev–Trinajstić information content (AvgIpc) is 3.16.